The summed E-state index contributed by atoms with van der Waals surface area (Å²) >= 11 is 0. The topological polar surface area (TPSA) is 56.0 Å². The van der Waals surface area contributed by atoms with E-state index in [-0.39, 0.29) is 23.9 Å². The molecular formula is C11H8F2N2O2. The monoisotopic (exact) mass is 238 g/mol. The molecule has 0 N–H and O–H groups in total. The Morgan fingerprint density at radius 3 is 2.76 bits per heavy atom. The van der Waals surface area contributed by atoms with Gasteiger partial charge in [0.2, 0.25) is 11.7 Å². The fourth-order valence-corrected chi connectivity index (χ4v) is 1.29. The highest BCUT2D eigenvalue weighted by Crippen LogP contribution is 2.18. The molecule has 2 aromatic rings. The molecule has 0 atom stereocenters. The third kappa shape index (κ3) is 2.52. The first-order chi connectivity index (χ1) is 8.06. The van der Waals surface area contributed by atoms with Crippen LogP contribution >= 0.6 is 0 Å². The van der Waals surface area contributed by atoms with Crippen LogP contribution in [0.25, 0.3) is 11.4 Å². The van der Waals surface area contributed by atoms with Gasteiger partial charge in [-0.15, -0.1) is 0 Å². The van der Waals surface area contributed by atoms with E-state index in [1.54, 1.807) is 0 Å². The summed E-state index contributed by atoms with van der Waals surface area (Å²) in [6, 6.07) is 3.28. The third-order valence-corrected chi connectivity index (χ3v) is 2.05. The first-order valence-corrected chi connectivity index (χ1v) is 4.83. The van der Waals surface area contributed by atoms with Gasteiger partial charge in [0.25, 0.3) is 0 Å². The van der Waals surface area contributed by atoms with Gasteiger partial charge in [-0.1, -0.05) is 5.16 Å². The largest absolute Gasteiger partial charge is 0.339 e. The first kappa shape index (κ1) is 11.4. The highest BCUT2D eigenvalue weighted by molar-refractivity contribution is 5.77. The number of benzene rings is 1. The molecule has 0 saturated heterocycles. The molecule has 0 bridgehead atoms. The number of Topliss-reactive ketones (excluding diaryl/α,β-unsaturated/α-hetero) is 1. The molecule has 0 unspecified atom stereocenters. The van der Waals surface area contributed by atoms with E-state index >= 15 is 0 Å². The van der Waals surface area contributed by atoms with Gasteiger partial charge in [0.1, 0.15) is 5.78 Å². The van der Waals surface area contributed by atoms with Crippen LogP contribution in [0.15, 0.2) is 22.7 Å². The fraction of sp³-hybridized carbons (Fsp3) is 0.182. The van der Waals surface area contributed by atoms with Gasteiger partial charge < -0.3 is 4.52 Å². The molecule has 1 heterocycles. The maximum Gasteiger partial charge on any atom is 0.234 e. The number of aromatic nitrogens is 2. The number of carbonyl (C=O) groups is 1. The minimum atomic E-state index is -0.986. The molecule has 4 nitrogen and oxygen atoms in total. The molecule has 0 saturated carbocycles. The Labute approximate surface area is 95.3 Å². The van der Waals surface area contributed by atoms with E-state index in [2.05, 4.69) is 10.1 Å². The van der Waals surface area contributed by atoms with E-state index in [1.165, 1.54) is 13.0 Å². The lowest BCUT2D eigenvalue weighted by molar-refractivity contribution is -0.116. The lowest BCUT2D eigenvalue weighted by Crippen LogP contribution is -1.96. The normalized spacial score (nSPS) is 10.5. The average molecular weight is 238 g/mol. The molecule has 0 aliphatic carbocycles. The summed E-state index contributed by atoms with van der Waals surface area (Å²) in [6.07, 6.45) is 0.0245. The van der Waals surface area contributed by atoms with E-state index in [1.807, 2.05) is 0 Å². The maximum absolute atomic E-state index is 13.0. The van der Waals surface area contributed by atoms with Crippen LogP contribution in [0.1, 0.15) is 12.8 Å². The van der Waals surface area contributed by atoms with Crippen LogP contribution < -0.4 is 0 Å². The van der Waals surface area contributed by atoms with E-state index in [9.17, 15) is 13.6 Å². The van der Waals surface area contributed by atoms with Crippen molar-refractivity contribution in [1.82, 2.24) is 10.1 Å². The summed E-state index contributed by atoms with van der Waals surface area (Å²) in [5, 5.41) is 3.58. The molecule has 17 heavy (non-hydrogen) atoms. The highest BCUT2D eigenvalue weighted by Gasteiger charge is 2.12. The zero-order chi connectivity index (χ0) is 12.4. The predicted octanol–water partition coefficient (Wildman–Crippen LogP) is 2.15. The Hall–Kier alpha value is -2.11. The SMILES string of the molecule is CC(=O)Cc1nc(-c2ccc(F)c(F)c2)no1. The molecule has 0 spiro atoms. The smallest absolute Gasteiger partial charge is 0.234 e. The van der Waals surface area contributed by atoms with Gasteiger partial charge in [-0.2, -0.15) is 4.98 Å². The van der Waals surface area contributed by atoms with Gasteiger partial charge in [0.05, 0.1) is 6.42 Å². The number of carbonyl (C=O) groups excluding carboxylic acids is 1. The molecule has 0 amide bonds. The number of rotatable bonds is 3. The van der Waals surface area contributed by atoms with Crippen molar-refractivity contribution < 1.29 is 18.1 Å². The summed E-state index contributed by atoms with van der Waals surface area (Å²) < 4.78 is 30.5. The zero-order valence-electron chi connectivity index (χ0n) is 8.91. The second-order valence-corrected chi connectivity index (χ2v) is 3.52. The summed E-state index contributed by atoms with van der Waals surface area (Å²) in [5.41, 5.74) is 0.294. The van der Waals surface area contributed by atoms with E-state index in [0.717, 1.165) is 12.1 Å². The van der Waals surface area contributed by atoms with Crippen molar-refractivity contribution in [3.8, 4) is 11.4 Å². The van der Waals surface area contributed by atoms with Gasteiger partial charge in [-0.3, -0.25) is 4.79 Å². The first-order valence-electron chi connectivity index (χ1n) is 4.83. The van der Waals surface area contributed by atoms with Crippen LogP contribution in [0, 0.1) is 11.6 Å². The lowest BCUT2D eigenvalue weighted by Gasteiger charge is -1.95. The zero-order valence-corrected chi connectivity index (χ0v) is 8.91. The number of halogens is 2. The molecule has 1 aromatic heterocycles. The Kier molecular flexibility index (Phi) is 2.95. The quantitative estimate of drug-likeness (QED) is 0.822. The van der Waals surface area contributed by atoms with Crippen LogP contribution in [-0.4, -0.2) is 15.9 Å². The third-order valence-electron chi connectivity index (χ3n) is 2.05. The van der Waals surface area contributed by atoms with Crippen molar-refractivity contribution in [2.45, 2.75) is 13.3 Å². The second kappa shape index (κ2) is 4.40. The molecular weight excluding hydrogens is 230 g/mol. The van der Waals surface area contributed by atoms with Crippen LogP contribution in [0.2, 0.25) is 0 Å². The average Bonchev–Trinajstić information content (AvgIpc) is 2.69. The highest BCUT2D eigenvalue weighted by atomic mass is 19.2. The van der Waals surface area contributed by atoms with Gasteiger partial charge in [-0.05, 0) is 25.1 Å². The van der Waals surface area contributed by atoms with Crippen molar-refractivity contribution in [2.75, 3.05) is 0 Å². The molecule has 0 fully saturated rings. The molecule has 0 radical (unpaired) electrons. The van der Waals surface area contributed by atoms with E-state index in [4.69, 9.17) is 4.52 Å². The number of hydrogen-bond acceptors (Lipinski definition) is 4. The Balaban J connectivity index is 2.30. The van der Waals surface area contributed by atoms with Crippen molar-refractivity contribution in [1.29, 1.82) is 0 Å². The van der Waals surface area contributed by atoms with E-state index < -0.39 is 11.6 Å². The number of nitrogens with zero attached hydrogens (tertiary/aromatic N) is 2. The van der Waals surface area contributed by atoms with Gasteiger partial charge >= 0.3 is 0 Å². The van der Waals surface area contributed by atoms with Crippen molar-refractivity contribution in [3.05, 3.63) is 35.7 Å². The number of hydrogen-bond donors (Lipinski definition) is 0. The maximum atomic E-state index is 13.0. The van der Waals surface area contributed by atoms with Crippen LogP contribution in [0.5, 0.6) is 0 Å². The van der Waals surface area contributed by atoms with Crippen molar-refractivity contribution >= 4 is 5.78 Å². The Bertz CT molecular complexity index is 566. The van der Waals surface area contributed by atoms with Crippen LogP contribution in [0.3, 0.4) is 0 Å². The van der Waals surface area contributed by atoms with Gasteiger partial charge in [-0.25, -0.2) is 8.78 Å². The number of ketones is 1. The van der Waals surface area contributed by atoms with Crippen molar-refractivity contribution in [2.24, 2.45) is 0 Å². The molecule has 1 aromatic carbocycles. The summed E-state index contributed by atoms with van der Waals surface area (Å²) in [7, 11) is 0. The summed E-state index contributed by atoms with van der Waals surface area (Å²) in [4.78, 5) is 14.7. The second-order valence-electron chi connectivity index (χ2n) is 3.52. The molecule has 88 valence electrons. The molecule has 2 rings (SSSR count). The van der Waals surface area contributed by atoms with Crippen LogP contribution in [0.4, 0.5) is 8.78 Å². The minimum absolute atomic E-state index is 0.0245. The van der Waals surface area contributed by atoms with Crippen molar-refractivity contribution in [3.63, 3.8) is 0 Å². The van der Waals surface area contributed by atoms with Crippen LogP contribution in [-0.2, 0) is 11.2 Å². The molecule has 6 heteroatoms. The molecule has 0 aliphatic heterocycles. The molecule has 0 aliphatic rings. The standard InChI is InChI=1S/C11H8F2N2O2/c1-6(16)4-10-14-11(15-17-10)7-2-3-8(12)9(13)5-7/h2-3,5H,4H2,1H3. The van der Waals surface area contributed by atoms with Gasteiger partial charge in [0, 0.05) is 5.56 Å². The van der Waals surface area contributed by atoms with E-state index in [0.29, 0.717) is 5.56 Å². The lowest BCUT2D eigenvalue weighted by atomic mass is 10.2. The predicted molar refractivity (Wildman–Crippen MR) is 54.0 cm³/mol. The summed E-state index contributed by atoms with van der Waals surface area (Å²) in [5.74, 6) is -1.77. The Morgan fingerprint density at radius 2 is 2.12 bits per heavy atom. The fourth-order valence-electron chi connectivity index (χ4n) is 1.29. The summed E-state index contributed by atoms with van der Waals surface area (Å²) in [6.45, 7) is 1.39. The minimum Gasteiger partial charge on any atom is -0.339 e. The van der Waals surface area contributed by atoms with Gasteiger partial charge in [0.15, 0.2) is 11.6 Å². The Morgan fingerprint density at radius 1 is 1.35 bits per heavy atom.